The first kappa shape index (κ1) is 21.6. The molecule has 0 aliphatic rings. The van der Waals surface area contributed by atoms with Crippen LogP contribution in [-0.4, -0.2) is 38.8 Å². The Morgan fingerprint density at radius 2 is 1.90 bits per heavy atom. The van der Waals surface area contributed by atoms with Crippen LogP contribution in [0.3, 0.4) is 0 Å². The quantitative estimate of drug-likeness (QED) is 0.583. The average Bonchev–Trinajstić information content (AvgIpc) is 3.08. The standard InChI is InChI=1S/C20H22F3N5O2/c1-19(2,3)18(30)26-14-10-12(4-5-13(14)20(21,22)23)15-11-28-17(25-15)7-6-16(27-28)24-8-9-29/h4-7,10-11,29H,8-9H2,1-3H3,(H,24,27)(H,26,30). The molecule has 1 aromatic carbocycles. The summed E-state index contributed by atoms with van der Waals surface area (Å²) in [6, 6.07) is 6.88. The highest BCUT2D eigenvalue weighted by molar-refractivity contribution is 5.96. The molecule has 10 heteroatoms. The van der Waals surface area contributed by atoms with E-state index in [1.165, 1.54) is 16.6 Å². The van der Waals surface area contributed by atoms with Crippen LogP contribution in [0.25, 0.3) is 16.9 Å². The number of rotatable bonds is 5. The monoisotopic (exact) mass is 421 g/mol. The lowest BCUT2D eigenvalue weighted by atomic mass is 9.95. The zero-order valence-corrected chi connectivity index (χ0v) is 16.7. The van der Waals surface area contributed by atoms with Crippen molar-refractivity contribution in [3.05, 3.63) is 42.1 Å². The van der Waals surface area contributed by atoms with E-state index in [-0.39, 0.29) is 12.3 Å². The number of aliphatic hydroxyl groups is 1. The minimum absolute atomic E-state index is 0.0521. The summed E-state index contributed by atoms with van der Waals surface area (Å²) >= 11 is 0. The van der Waals surface area contributed by atoms with Crippen molar-refractivity contribution < 1.29 is 23.1 Å². The summed E-state index contributed by atoms with van der Waals surface area (Å²) in [7, 11) is 0. The lowest BCUT2D eigenvalue weighted by Gasteiger charge is -2.20. The molecule has 0 saturated carbocycles. The third kappa shape index (κ3) is 4.70. The minimum atomic E-state index is -4.62. The Bertz CT molecular complexity index is 1070. The highest BCUT2D eigenvalue weighted by Crippen LogP contribution is 2.37. The van der Waals surface area contributed by atoms with Crippen molar-refractivity contribution in [2.24, 2.45) is 5.41 Å². The molecule has 30 heavy (non-hydrogen) atoms. The fourth-order valence-electron chi connectivity index (χ4n) is 2.66. The molecule has 3 N–H and O–H groups in total. The number of fused-ring (bicyclic) bond motifs is 1. The van der Waals surface area contributed by atoms with Gasteiger partial charge in [0.05, 0.1) is 29.7 Å². The number of anilines is 2. The van der Waals surface area contributed by atoms with E-state index < -0.39 is 23.1 Å². The number of imidazole rings is 1. The number of hydrogen-bond acceptors (Lipinski definition) is 5. The number of carbonyl (C=O) groups is 1. The second-order valence-corrected chi connectivity index (χ2v) is 7.76. The summed E-state index contributed by atoms with van der Waals surface area (Å²) in [4.78, 5) is 16.7. The van der Waals surface area contributed by atoms with Crippen molar-refractivity contribution in [2.45, 2.75) is 26.9 Å². The maximum Gasteiger partial charge on any atom is 0.418 e. The van der Waals surface area contributed by atoms with E-state index in [4.69, 9.17) is 5.11 Å². The summed E-state index contributed by atoms with van der Waals surface area (Å²) < 4.78 is 41.8. The number of halogens is 3. The summed E-state index contributed by atoms with van der Waals surface area (Å²) in [5.41, 5.74) is -0.801. The van der Waals surface area contributed by atoms with E-state index in [9.17, 15) is 18.0 Å². The Hall–Kier alpha value is -3.14. The molecule has 0 unspecified atom stereocenters. The van der Waals surface area contributed by atoms with Crippen LogP contribution in [0, 0.1) is 5.41 Å². The second kappa shape index (κ2) is 7.94. The highest BCUT2D eigenvalue weighted by Gasteiger charge is 2.35. The van der Waals surface area contributed by atoms with E-state index >= 15 is 0 Å². The number of carbonyl (C=O) groups excluding carboxylic acids is 1. The van der Waals surface area contributed by atoms with Gasteiger partial charge in [-0.3, -0.25) is 4.79 Å². The van der Waals surface area contributed by atoms with E-state index in [1.54, 1.807) is 39.1 Å². The van der Waals surface area contributed by atoms with Gasteiger partial charge in [-0.15, -0.1) is 5.10 Å². The molecule has 3 aromatic rings. The number of amides is 1. The Balaban J connectivity index is 2.01. The Labute approximate surface area is 170 Å². The van der Waals surface area contributed by atoms with Crippen molar-refractivity contribution in [1.29, 1.82) is 0 Å². The summed E-state index contributed by atoms with van der Waals surface area (Å²) in [5, 5.41) is 18.5. The van der Waals surface area contributed by atoms with E-state index in [0.29, 0.717) is 29.3 Å². The van der Waals surface area contributed by atoms with Gasteiger partial charge in [0.15, 0.2) is 5.65 Å². The molecule has 0 fully saturated rings. The van der Waals surface area contributed by atoms with Crippen LogP contribution in [0.2, 0.25) is 0 Å². The van der Waals surface area contributed by atoms with Gasteiger partial charge < -0.3 is 15.7 Å². The summed E-state index contributed by atoms with van der Waals surface area (Å²) in [5.74, 6) is -0.00698. The Morgan fingerprint density at radius 1 is 1.17 bits per heavy atom. The molecule has 0 saturated heterocycles. The molecule has 0 atom stereocenters. The molecule has 7 nitrogen and oxygen atoms in total. The smallest absolute Gasteiger partial charge is 0.395 e. The number of benzene rings is 1. The van der Waals surface area contributed by atoms with Gasteiger partial charge >= 0.3 is 6.18 Å². The van der Waals surface area contributed by atoms with E-state index in [1.807, 2.05) is 0 Å². The van der Waals surface area contributed by atoms with Gasteiger partial charge in [0.1, 0.15) is 5.82 Å². The number of nitrogens with one attached hydrogen (secondary N) is 2. The van der Waals surface area contributed by atoms with Crippen molar-refractivity contribution >= 4 is 23.1 Å². The number of nitrogens with zero attached hydrogens (tertiary/aromatic N) is 3. The van der Waals surface area contributed by atoms with Crippen molar-refractivity contribution in [1.82, 2.24) is 14.6 Å². The van der Waals surface area contributed by atoms with Gasteiger partial charge in [-0.2, -0.15) is 13.2 Å². The molecule has 1 amide bonds. The first-order chi connectivity index (χ1) is 14.0. The maximum atomic E-state index is 13.4. The second-order valence-electron chi connectivity index (χ2n) is 7.76. The first-order valence-electron chi connectivity index (χ1n) is 9.23. The van der Waals surface area contributed by atoms with Crippen LogP contribution < -0.4 is 10.6 Å². The van der Waals surface area contributed by atoms with Crippen LogP contribution in [-0.2, 0) is 11.0 Å². The average molecular weight is 421 g/mol. The van der Waals surface area contributed by atoms with Gasteiger partial charge in [-0.1, -0.05) is 26.8 Å². The Morgan fingerprint density at radius 3 is 2.53 bits per heavy atom. The first-order valence-corrected chi connectivity index (χ1v) is 9.23. The van der Waals surface area contributed by atoms with Crippen molar-refractivity contribution in [3.63, 3.8) is 0 Å². The summed E-state index contributed by atoms with van der Waals surface area (Å²) in [6.45, 7) is 5.14. The molecule has 160 valence electrons. The number of aromatic nitrogens is 3. The lowest BCUT2D eigenvalue weighted by Crippen LogP contribution is -2.28. The van der Waals surface area contributed by atoms with Gasteiger partial charge in [0.25, 0.3) is 0 Å². The number of aliphatic hydroxyl groups excluding tert-OH is 1. The van der Waals surface area contributed by atoms with Gasteiger partial charge in [0, 0.05) is 17.5 Å². The van der Waals surface area contributed by atoms with E-state index in [0.717, 1.165) is 6.07 Å². The molecular formula is C20H22F3N5O2. The zero-order chi connectivity index (χ0) is 22.1. The Kier molecular flexibility index (Phi) is 5.71. The van der Waals surface area contributed by atoms with Crippen LogP contribution in [0.5, 0.6) is 0 Å². The molecule has 0 aliphatic carbocycles. The van der Waals surface area contributed by atoms with Crippen LogP contribution >= 0.6 is 0 Å². The third-order valence-electron chi connectivity index (χ3n) is 4.29. The van der Waals surface area contributed by atoms with Crippen molar-refractivity contribution in [2.75, 3.05) is 23.8 Å². The number of alkyl halides is 3. The van der Waals surface area contributed by atoms with Crippen LogP contribution in [0.15, 0.2) is 36.5 Å². The SMILES string of the molecule is CC(C)(C)C(=O)Nc1cc(-c2cn3nc(NCCO)ccc3n2)ccc1C(F)(F)F. The molecule has 2 aromatic heterocycles. The third-order valence-corrected chi connectivity index (χ3v) is 4.29. The van der Waals surface area contributed by atoms with Crippen LogP contribution in [0.4, 0.5) is 24.7 Å². The minimum Gasteiger partial charge on any atom is -0.395 e. The molecule has 3 rings (SSSR count). The highest BCUT2D eigenvalue weighted by atomic mass is 19.4. The molecule has 0 bridgehead atoms. The predicted molar refractivity (Wildman–Crippen MR) is 107 cm³/mol. The number of hydrogen-bond donors (Lipinski definition) is 3. The largest absolute Gasteiger partial charge is 0.418 e. The zero-order valence-electron chi connectivity index (χ0n) is 16.7. The molecular weight excluding hydrogens is 399 g/mol. The molecule has 0 radical (unpaired) electrons. The molecule has 2 heterocycles. The fourth-order valence-corrected chi connectivity index (χ4v) is 2.66. The van der Waals surface area contributed by atoms with Crippen LogP contribution in [0.1, 0.15) is 26.3 Å². The lowest BCUT2D eigenvalue weighted by molar-refractivity contribution is -0.137. The topological polar surface area (TPSA) is 91.6 Å². The maximum absolute atomic E-state index is 13.4. The summed E-state index contributed by atoms with van der Waals surface area (Å²) in [6.07, 6.45) is -3.04. The van der Waals surface area contributed by atoms with Gasteiger partial charge in [-0.05, 0) is 24.3 Å². The fraction of sp³-hybridized carbons (Fsp3) is 0.350. The normalized spacial score (nSPS) is 12.2. The van der Waals surface area contributed by atoms with E-state index in [2.05, 4.69) is 20.7 Å². The molecule has 0 aliphatic heterocycles. The van der Waals surface area contributed by atoms with Gasteiger partial charge in [-0.25, -0.2) is 9.50 Å². The van der Waals surface area contributed by atoms with Crippen molar-refractivity contribution in [3.8, 4) is 11.3 Å². The van der Waals surface area contributed by atoms with Gasteiger partial charge in [0.2, 0.25) is 5.91 Å². The predicted octanol–water partition coefficient (Wildman–Crippen LogP) is 3.80. The molecule has 0 spiro atoms.